The number of allylic oxidation sites excluding steroid dienone is 1. The van der Waals surface area contributed by atoms with Crippen molar-refractivity contribution in [1.29, 1.82) is 0 Å². The average Bonchev–Trinajstić information content (AvgIpc) is 3.40. The van der Waals surface area contributed by atoms with Crippen molar-refractivity contribution < 1.29 is 37.0 Å². The van der Waals surface area contributed by atoms with E-state index in [1.54, 1.807) is 51.2 Å². The number of benzene rings is 2. The van der Waals surface area contributed by atoms with Gasteiger partial charge in [0, 0.05) is 38.4 Å². The Morgan fingerprint density at radius 3 is 2.40 bits per heavy atom. The molecule has 0 saturated carbocycles. The summed E-state index contributed by atoms with van der Waals surface area (Å²) in [6, 6.07) is 9.79. The highest BCUT2D eigenvalue weighted by atomic mass is 32.2. The lowest BCUT2D eigenvalue weighted by atomic mass is 9.99. The molecule has 0 fully saturated rings. The number of amides is 1. The van der Waals surface area contributed by atoms with Crippen LogP contribution in [0.3, 0.4) is 0 Å². The Morgan fingerprint density at radius 2 is 1.81 bits per heavy atom. The lowest BCUT2D eigenvalue weighted by molar-refractivity contribution is -0.119. The van der Waals surface area contributed by atoms with Crippen LogP contribution in [0.25, 0.3) is 0 Å². The molecule has 1 aromatic heterocycles. The first-order valence-corrected chi connectivity index (χ1v) is 15.0. The highest BCUT2D eigenvalue weighted by Crippen LogP contribution is 2.22. The molecule has 0 aliphatic rings. The molecule has 232 valence electrons. The minimum Gasteiger partial charge on any atom is -0.395 e. The monoisotopic (exact) mass is 618 g/mol. The Bertz CT molecular complexity index is 1530. The number of ketones is 1. The summed E-state index contributed by atoms with van der Waals surface area (Å²) in [5, 5.41) is 23.8. The van der Waals surface area contributed by atoms with Crippen LogP contribution < -0.4 is 5.32 Å². The van der Waals surface area contributed by atoms with E-state index in [0.717, 1.165) is 34.2 Å². The summed E-state index contributed by atoms with van der Waals surface area (Å²) < 4.78 is 56.7. The summed E-state index contributed by atoms with van der Waals surface area (Å²) >= 11 is 0. The van der Waals surface area contributed by atoms with Gasteiger partial charge in [-0.15, -0.1) is 0 Å². The Hall–Kier alpha value is -3.78. The van der Waals surface area contributed by atoms with Crippen LogP contribution in [0.5, 0.6) is 0 Å². The second-order valence-corrected chi connectivity index (χ2v) is 12.4. The first kappa shape index (κ1) is 33.7. The van der Waals surface area contributed by atoms with Crippen LogP contribution in [-0.4, -0.2) is 75.5 Å². The number of hydrogen-bond acceptors (Lipinski definition) is 7. The number of halogens is 2. The van der Waals surface area contributed by atoms with E-state index >= 15 is 0 Å². The zero-order valence-electron chi connectivity index (χ0n) is 24.1. The molecular weight excluding hydrogens is 582 g/mol. The molecule has 10 nitrogen and oxygen atoms in total. The third-order valence-corrected chi connectivity index (χ3v) is 8.62. The number of sulfonamides is 1. The molecule has 13 heteroatoms. The van der Waals surface area contributed by atoms with Gasteiger partial charge in [0.05, 0.1) is 31.1 Å². The van der Waals surface area contributed by atoms with Crippen LogP contribution in [0.1, 0.15) is 25.0 Å². The van der Waals surface area contributed by atoms with Crippen molar-refractivity contribution in [3.8, 4) is 0 Å². The van der Waals surface area contributed by atoms with Gasteiger partial charge in [0.2, 0.25) is 5.91 Å². The van der Waals surface area contributed by atoms with Crippen LogP contribution >= 0.6 is 0 Å². The van der Waals surface area contributed by atoms with Gasteiger partial charge in [0.25, 0.3) is 10.0 Å². The Kier molecular flexibility index (Phi) is 11.8. The number of carbonyl (C=O) groups is 2. The SMILES string of the molecule is CC(C)C(CO)N(C[C@@H](O)[C@H](Cc1ccccc1)NC(=O)/C=C/C(=O)Cc1ccc(F)cc1F)S(=O)(=O)c1cn(C)cn1. The molecule has 0 radical (unpaired) electrons. The number of nitrogens with one attached hydrogen (secondary N) is 1. The van der Waals surface area contributed by atoms with Gasteiger partial charge in [-0.25, -0.2) is 22.2 Å². The van der Waals surface area contributed by atoms with Gasteiger partial charge in [0.15, 0.2) is 10.8 Å². The molecule has 0 aliphatic heterocycles. The minimum absolute atomic E-state index is 0.0355. The second-order valence-electron chi connectivity index (χ2n) is 10.5. The molecule has 1 amide bonds. The summed E-state index contributed by atoms with van der Waals surface area (Å²) in [5.41, 5.74) is 0.701. The molecule has 0 aliphatic carbocycles. The fourth-order valence-electron chi connectivity index (χ4n) is 4.46. The normalized spacial score (nSPS) is 14.3. The van der Waals surface area contributed by atoms with Gasteiger partial charge >= 0.3 is 0 Å². The third kappa shape index (κ3) is 9.35. The largest absolute Gasteiger partial charge is 0.395 e. The lowest BCUT2D eigenvalue weighted by Gasteiger charge is -2.35. The maximum absolute atomic E-state index is 13.9. The van der Waals surface area contributed by atoms with Crippen LogP contribution in [0.15, 0.2) is 78.2 Å². The van der Waals surface area contributed by atoms with Crippen molar-refractivity contribution in [1.82, 2.24) is 19.2 Å². The molecule has 3 aromatic rings. The molecule has 1 heterocycles. The number of imidazole rings is 1. The van der Waals surface area contributed by atoms with Crippen molar-refractivity contribution >= 4 is 21.7 Å². The van der Waals surface area contributed by atoms with E-state index in [0.29, 0.717) is 6.07 Å². The van der Waals surface area contributed by atoms with Crippen molar-refractivity contribution in [3.63, 3.8) is 0 Å². The highest BCUT2D eigenvalue weighted by Gasteiger charge is 2.37. The smallest absolute Gasteiger partial charge is 0.262 e. The predicted octanol–water partition coefficient (Wildman–Crippen LogP) is 2.16. The van der Waals surface area contributed by atoms with Crippen LogP contribution in [0.4, 0.5) is 8.78 Å². The Labute approximate surface area is 249 Å². The van der Waals surface area contributed by atoms with Crippen LogP contribution in [0.2, 0.25) is 0 Å². The minimum atomic E-state index is -4.27. The number of rotatable bonds is 15. The maximum atomic E-state index is 13.9. The third-order valence-electron chi connectivity index (χ3n) is 6.84. The molecule has 3 atom stereocenters. The van der Waals surface area contributed by atoms with E-state index in [1.807, 2.05) is 0 Å². The number of hydrogen-bond donors (Lipinski definition) is 3. The molecule has 0 saturated heterocycles. The van der Waals surface area contributed by atoms with E-state index in [4.69, 9.17) is 0 Å². The van der Waals surface area contributed by atoms with E-state index in [-0.39, 0.29) is 22.9 Å². The second kappa shape index (κ2) is 15.1. The first-order chi connectivity index (χ1) is 20.3. The predicted molar refractivity (Wildman–Crippen MR) is 155 cm³/mol. The van der Waals surface area contributed by atoms with Gasteiger partial charge < -0.3 is 20.1 Å². The molecular formula is C30H36F2N4O6S. The van der Waals surface area contributed by atoms with E-state index in [2.05, 4.69) is 10.3 Å². The summed E-state index contributed by atoms with van der Waals surface area (Å²) in [7, 11) is -2.66. The first-order valence-electron chi connectivity index (χ1n) is 13.6. The maximum Gasteiger partial charge on any atom is 0.262 e. The van der Waals surface area contributed by atoms with Crippen molar-refractivity contribution in [3.05, 3.63) is 96.0 Å². The Morgan fingerprint density at radius 1 is 1.12 bits per heavy atom. The standard InChI is InChI=1S/C30H36F2N4O6S/c1-20(2)27(18-37)36(43(41,42)30-17-35(3)19-33-30)16-28(39)26(13-21-7-5-4-6-8-21)34-29(40)12-11-24(38)14-22-9-10-23(31)15-25(22)32/h4-12,15,17,19-20,26-28,37,39H,13-14,16,18H2,1-3H3,(H,34,40)/b12-11+/t26-,27?,28+/m0/s1. The van der Waals surface area contributed by atoms with E-state index < -0.39 is 71.1 Å². The summed E-state index contributed by atoms with van der Waals surface area (Å²) in [4.78, 5) is 29.2. The zero-order valence-corrected chi connectivity index (χ0v) is 24.9. The topological polar surface area (TPSA) is 142 Å². The summed E-state index contributed by atoms with van der Waals surface area (Å²) in [6.07, 6.45) is 2.77. The molecule has 3 N–H and O–H groups in total. The van der Waals surface area contributed by atoms with Crippen molar-refractivity contribution in [2.75, 3.05) is 13.2 Å². The van der Waals surface area contributed by atoms with Crippen molar-refractivity contribution in [2.45, 2.75) is 49.9 Å². The summed E-state index contributed by atoms with van der Waals surface area (Å²) in [6.45, 7) is 2.46. The zero-order chi connectivity index (χ0) is 31.7. The molecule has 1 unspecified atom stereocenters. The molecule has 0 spiro atoms. The molecule has 2 aromatic carbocycles. The van der Waals surface area contributed by atoms with Gasteiger partial charge in [-0.1, -0.05) is 50.2 Å². The van der Waals surface area contributed by atoms with Crippen LogP contribution in [0, 0.1) is 17.6 Å². The number of carbonyl (C=O) groups excluding carboxylic acids is 2. The quantitative estimate of drug-likeness (QED) is 0.222. The fraction of sp³-hybridized carbons (Fsp3) is 0.367. The van der Waals surface area contributed by atoms with Crippen LogP contribution in [-0.2, 0) is 39.5 Å². The molecule has 0 bridgehead atoms. The lowest BCUT2D eigenvalue weighted by Crippen LogP contribution is -2.54. The van der Waals surface area contributed by atoms with Gasteiger partial charge in [0.1, 0.15) is 11.6 Å². The number of aliphatic hydroxyl groups is 2. The molecule has 3 rings (SSSR count). The number of aryl methyl sites for hydroxylation is 1. The fourth-order valence-corrected chi connectivity index (χ4v) is 6.20. The summed E-state index contributed by atoms with van der Waals surface area (Å²) in [5.74, 6) is -3.37. The molecule has 43 heavy (non-hydrogen) atoms. The highest BCUT2D eigenvalue weighted by molar-refractivity contribution is 7.89. The van der Waals surface area contributed by atoms with E-state index in [1.165, 1.54) is 17.1 Å². The number of aromatic nitrogens is 2. The average molecular weight is 619 g/mol. The Balaban J connectivity index is 1.83. The van der Waals surface area contributed by atoms with Crippen molar-refractivity contribution in [2.24, 2.45) is 13.0 Å². The van der Waals surface area contributed by atoms with E-state index in [9.17, 15) is 37.0 Å². The number of aliphatic hydroxyl groups excluding tert-OH is 2. The van der Waals surface area contributed by atoms with Gasteiger partial charge in [-0.05, 0) is 35.6 Å². The number of nitrogens with zero attached hydrogens (tertiary/aromatic N) is 3. The van der Waals surface area contributed by atoms with Gasteiger partial charge in [-0.3, -0.25) is 9.59 Å². The van der Waals surface area contributed by atoms with Gasteiger partial charge in [-0.2, -0.15) is 4.31 Å².